The molecule has 4 unspecified atom stereocenters. The van der Waals surface area contributed by atoms with Gasteiger partial charge in [0.25, 0.3) is 0 Å². The Morgan fingerprint density at radius 2 is 1.71 bits per heavy atom. The van der Waals surface area contributed by atoms with E-state index in [9.17, 15) is 10.2 Å². The number of hydrogen-bond acceptors (Lipinski definition) is 6. The van der Waals surface area contributed by atoms with Gasteiger partial charge in [-0.3, -0.25) is 9.71 Å². The Kier molecular flexibility index (Phi) is 12.2. The number of amidine groups is 1. The monoisotopic (exact) mass is 535 g/mol. The van der Waals surface area contributed by atoms with Gasteiger partial charge in [-0.2, -0.15) is 0 Å². The minimum atomic E-state index is -0.566. The zero-order chi connectivity index (χ0) is 27.3. The molecular formula is C31H41N3O3S. The van der Waals surface area contributed by atoms with E-state index in [1.807, 2.05) is 68.4 Å². The first-order chi connectivity index (χ1) is 18.6. The molecule has 38 heavy (non-hydrogen) atoms. The average Bonchev–Trinajstić information content (AvgIpc) is 3.27. The number of aliphatic imine (C=N–C) groups is 1. The average molecular weight is 536 g/mol. The quantitative estimate of drug-likeness (QED) is 0.153. The lowest BCUT2D eigenvalue weighted by Crippen LogP contribution is -2.40. The van der Waals surface area contributed by atoms with Crippen molar-refractivity contribution >= 4 is 17.8 Å². The van der Waals surface area contributed by atoms with Crippen LogP contribution in [0.2, 0.25) is 0 Å². The summed E-state index contributed by atoms with van der Waals surface area (Å²) in [6.07, 6.45) is 0.833. The number of methoxy groups -OCH3 is 1. The first-order valence-electron chi connectivity index (χ1n) is 13.3. The van der Waals surface area contributed by atoms with Gasteiger partial charge in [-0.25, -0.2) is 0 Å². The highest BCUT2D eigenvalue weighted by Crippen LogP contribution is 2.32. The van der Waals surface area contributed by atoms with Gasteiger partial charge in [0.05, 0.1) is 25.4 Å². The lowest BCUT2D eigenvalue weighted by atomic mass is 9.91. The third kappa shape index (κ3) is 8.33. The van der Waals surface area contributed by atoms with Crippen LogP contribution in [0.25, 0.3) is 0 Å². The minimum Gasteiger partial charge on any atom is -0.497 e. The summed E-state index contributed by atoms with van der Waals surface area (Å²) in [4.78, 5) is 5.65. The molecule has 204 valence electrons. The Balaban J connectivity index is 0.00000195. The highest BCUT2D eigenvalue weighted by atomic mass is 32.2. The molecule has 3 aromatic carbocycles. The standard InChI is InChI=1S/C29H35N3O3S.C2H6/c1-30-29(32-28-26-11-7-6-10-21(26)18-27(28)34)22(16-20-8-4-3-5-9-20)17-23(33)19-31-36-25-14-12-24(35-2)13-15-25;1-2/h3-15,22-23,27-28,31,33-34H,16-19H2,1-2H3,(H,30,32);1-2H3. The number of nitrogens with one attached hydrogen (secondary N) is 2. The van der Waals surface area contributed by atoms with Gasteiger partial charge in [0.1, 0.15) is 11.6 Å². The first-order valence-corrected chi connectivity index (χ1v) is 14.1. The SMILES string of the molecule is CC.CN=C(NC1c2ccccc2CC1O)C(Cc1ccccc1)CC(O)CNSc1ccc(OC)cc1. The smallest absolute Gasteiger partial charge is 0.118 e. The lowest BCUT2D eigenvalue weighted by Gasteiger charge is -2.27. The summed E-state index contributed by atoms with van der Waals surface area (Å²) in [7, 11) is 3.43. The fraction of sp³-hybridized carbons (Fsp3) is 0.387. The number of fused-ring (bicyclic) bond motifs is 1. The number of hydrogen-bond donors (Lipinski definition) is 4. The van der Waals surface area contributed by atoms with E-state index in [1.54, 1.807) is 14.2 Å². The van der Waals surface area contributed by atoms with Crippen LogP contribution in [-0.4, -0.2) is 49.0 Å². The highest BCUT2D eigenvalue weighted by Gasteiger charge is 2.33. The maximum atomic E-state index is 10.9. The fourth-order valence-corrected chi connectivity index (χ4v) is 5.45. The van der Waals surface area contributed by atoms with Gasteiger partial charge in [0.2, 0.25) is 0 Å². The van der Waals surface area contributed by atoms with Crippen LogP contribution in [0.1, 0.15) is 43.0 Å². The Hall–Kier alpha value is -2.84. The zero-order valence-corrected chi connectivity index (χ0v) is 23.6. The molecular weight excluding hydrogens is 494 g/mol. The molecule has 6 nitrogen and oxygen atoms in total. The Morgan fingerprint density at radius 1 is 1.03 bits per heavy atom. The summed E-state index contributed by atoms with van der Waals surface area (Å²) in [5, 5.41) is 25.3. The van der Waals surface area contributed by atoms with E-state index in [0.717, 1.165) is 34.0 Å². The number of ether oxygens (including phenoxy) is 1. The van der Waals surface area contributed by atoms with Crippen LogP contribution < -0.4 is 14.8 Å². The maximum Gasteiger partial charge on any atom is 0.118 e. The van der Waals surface area contributed by atoms with E-state index < -0.39 is 12.2 Å². The minimum absolute atomic E-state index is 0.0276. The highest BCUT2D eigenvalue weighted by molar-refractivity contribution is 7.97. The molecule has 0 fully saturated rings. The zero-order valence-electron chi connectivity index (χ0n) is 22.8. The molecule has 0 aromatic heterocycles. The molecule has 1 aliphatic rings. The van der Waals surface area contributed by atoms with E-state index in [-0.39, 0.29) is 12.0 Å². The van der Waals surface area contributed by atoms with Gasteiger partial charge in [-0.05, 0) is 65.7 Å². The molecule has 0 spiro atoms. The summed E-state index contributed by atoms with van der Waals surface area (Å²) in [5.41, 5.74) is 3.46. The molecule has 4 N–H and O–H groups in total. The van der Waals surface area contributed by atoms with Crippen molar-refractivity contribution in [2.24, 2.45) is 10.9 Å². The van der Waals surface area contributed by atoms with Crippen molar-refractivity contribution < 1.29 is 14.9 Å². The molecule has 0 saturated carbocycles. The topological polar surface area (TPSA) is 86.1 Å². The Bertz CT molecular complexity index is 1120. The van der Waals surface area contributed by atoms with Crippen molar-refractivity contribution in [3.8, 4) is 5.75 Å². The van der Waals surface area contributed by atoms with E-state index >= 15 is 0 Å². The third-order valence-electron chi connectivity index (χ3n) is 6.58. The van der Waals surface area contributed by atoms with Gasteiger partial charge in [0.15, 0.2) is 0 Å². The van der Waals surface area contributed by atoms with Crippen LogP contribution in [-0.2, 0) is 12.8 Å². The molecule has 4 atom stereocenters. The second kappa shape index (κ2) is 15.5. The van der Waals surface area contributed by atoms with E-state index in [1.165, 1.54) is 17.5 Å². The van der Waals surface area contributed by atoms with Gasteiger partial charge in [0, 0.05) is 30.8 Å². The van der Waals surface area contributed by atoms with Gasteiger partial charge >= 0.3 is 0 Å². The predicted octanol–water partition coefficient (Wildman–Crippen LogP) is 5.20. The van der Waals surface area contributed by atoms with Crippen LogP contribution in [0.5, 0.6) is 5.75 Å². The van der Waals surface area contributed by atoms with E-state index in [0.29, 0.717) is 19.4 Å². The van der Waals surface area contributed by atoms with Crippen molar-refractivity contribution in [2.45, 2.75) is 56.3 Å². The van der Waals surface area contributed by atoms with E-state index in [2.05, 4.69) is 39.3 Å². The van der Waals surface area contributed by atoms with Crippen molar-refractivity contribution in [2.75, 3.05) is 20.7 Å². The summed E-state index contributed by atoms with van der Waals surface area (Å²) in [5.74, 6) is 1.60. The van der Waals surface area contributed by atoms with Crippen molar-refractivity contribution in [1.82, 2.24) is 10.0 Å². The van der Waals surface area contributed by atoms with E-state index in [4.69, 9.17) is 4.74 Å². The number of nitrogens with zero attached hydrogens (tertiary/aromatic N) is 1. The maximum absolute atomic E-state index is 10.9. The van der Waals surface area contributed by atoms with Gasteiger partial charge < -0.3 is 20.3 Å². The second-order valence-electron chi connectivity index (χ2n) is 9.10. The molecule has 0 radical (unpaired) electrons. The molecule has 0 aliphatic heterocycles. The summed E-state index contributed by atoms with van der Waals surface area (Å²) < 4.78 is 8.49. The molecule has 0 bridgehead atoms. The van der Waals surface area contributed by atoms with Crippen molar-refractivity contribution in [3.05, 3.63) is 95.6 Å². The third-order valence-corrected chi connectivity index (χ3v) is 7.40. The largest absolute Gasteiger partial charge is 0.497 e. The molecule has 0 saturated heterocycles. The number of benzene rings is 3. The summed E-state index contributed by atoms with van der Waals surface area (Å²) in [6.45, 7) is 4.44. The van der Waals surface area contributed by atoms with Crippen molar-refractivity contribution in [1.29, 1.82) is 0 Å². The molecule has 7 heteroatoms. The number of aliphatic hydroxyl groups excluding tert-OH is 2. The summed E-state index contributed by atoms with van der Waals surface area (Å²) >= 11 is 1.49. The molecule has 0 amide bonds. The van der Waals surface area contributed by atoms with Crippen LogP contribution >= 0.6 is 11.9 Å². The molecule has 4 rings (SSSR count). The van der Waals surface area contributed by atoms with Crippen molar-refractivity contribution in [3.63, 3.8) is 0 Å². The number of rotatable bonds is 11. The van der Waals surface area contributed by atoms with Gasteiger partial charge in [-0.15, -0.1) is 0 Å². The van der Waals surface area contributed by atoms with Crippen LogP contribution in [0.4, 0.5) is 0 Å². The fourth-order valence-electron chi connectivity index (χ4n) is 4.74. The molecule has 1 aliphatic carbocycles. The Labute approximate surface area is 231 Å². The normalized spacial score (nSPS) is 18.1. The summed E-state index contributed by atoms with van der Waals surface area (Å²) in [6, 6.07) is 26.0. The predicted molar refractivity (Wildman–Crippen MR) is 158 cm³/mol. The second-order valence-corrected chi connectivity index (χ2v) is 10.1. The van der Waals surface area contributed by atoms with Crippen LogP contribution in [0, 0.1) is 5.92 Å². The molecule has 3 aromatic rings. The Morgan fingerprint density at radius 3 is 2.39 bits per heavy atom. The molecule has 0 heterocycles. The van der Waals surface area contributed by atoms with Crippen LogP contribution in [0.15, 0.2) is 88.8 Å². The lowest BCUT2D eigenvalue weighted by molar-refractivity contribution is 0.146. The first kappa shape index (κ1) is 29.7. The number of aliphatic hydroxyl groups is 2. The van der Waals surface area contributed by atoms with Crippen LogP contribution in [0.3, 0.4) is 0 Å². The van der Waals surface area contributed by atoms with Gasteiger partial charge in [-0.1, -0.05) is 68.4 Å².